The van der Waals surface area contributed by atoms with E-state index >= 15 is 0 Å². The Morgan fingerprint density at radius 1 is 1.33 bits per heavy atom. The van der Waals surface area contributed by atoms with Gasteiger partial charge < -0.3 is 10.1 Å². The molecule has 1 N–H and O–H groups in total. The van der Waals surface area contributed by atoms with E-state index in [9.17, 15) is 4.79 Å². The van der Waals surface area contributed by atoms with Gasteiger partial charge in [0.25, 0.3) is 6.47 Å². The molecule has 0 aliphatic rings. The van der Waals surface area contributed by atoms with Crippen molar-refractivity contribution in [1.29, 1.82) is 0 Å². The maximum absolute atomic E-state index is 9.76. The first-order valence-electron chi connectivity index (χ1n) is 3.57. The number of rotatable bonds is 4. The fourth-order valence-electron chi connectivity index (χ4n) is 0.780. The van der Waals surface area contributed by atoms with Gasteiger partial charge in [-0.3, -0.25) is 4.79 Å². The predicted octanol–water partition coefficient (Wildman–Crippen LogP) is 1.70. The van der Waals surface area contributed by atoms with Crippen LogP contribution >= 0.6 is 0 Å². The van der Waals surface area contributed by atoms with Crippen molar-refractivity contribution in [2.24, 2.45) is 0 Å². The van der Waals surface area contributed by atoms with Crippen LogP contribution in [-0.2, 0) is 9.53 Å². The molecule has 1 aromatic rings. The Hall–Kier alpha value is -1.51. The van der Waals surface area contributed by atoms with Crippen molar-refractivity contribution < 1.29 is 9.53 Å². The minimum Gasteiger partial charge on any atom is -0.438 e. The summed E-state index contributed by atoms with van der Waals surface area (Å²) >= 11 is 0. The van der Waals surface area contributed by atoms with E-state index < -0.39 is 0 Å². The smallest absolute Gasteiger partial charge is 0.295 e. The normalized spacial score (nSPS) is 9.08. The molecule has 0 atom stereocenters. The minimum absolute atomic E-state index is 0.362. The molecule has 0 amide bonds. The average Bonchev–Trinajstić information content (AvgIpc) is 2.09. The van der Waals surface area contributed by atoms with Crippen LogP contribution in [0.15, 0.2) is 24.3 Å². The molecule has 0 saturated carbocycles. The molecule has 12 heavy (non-hydrogen) atoms. The van der Waals surface area contributed by atoms with Gasteiger partial charge in [-0.25, -0.2) is 0 Å². The minimum atomic E-state index is 0.362. The summed E-state index contributed by atoms with van der Waals surface area (Å²) in [6.07, 6.45) is 0. The van der Waals surface area contributed by atoms with Gasteiger partial charge in [0.05, 0.1) is 0 Å². The molecule has 0 aliphatic carbocycles. The van der Waals surface area contributed by atoms with E-state index in [2.05, 4.69) is 10.1 Å². The Bertz CT molecular complexity index is 243. The molecule has 0 heterocycles. The standard InChI is InChI=1S/C9H10NO2/c1-8-2-4-9(5-3-8)10-6-12-7-11/h2-7,10H,1H3. The SMILES string of the molecule is Cc1ccc(N[CH]OC=O)cc1. The molecule has 0 bridgehead atoms. The van der Waals surface area contributed by atoms with Crippen molar-refractivity contribution in [2.45, 2.75) is 6.92 Å². The second-order valence-electron chi connectivity index (χ2n) is 2.36. The molecule has 0 aliphatic heterocycles. The van der Waals surface area contributed by atoms with E-state index in [1.165, 1.54) is 12.3 Å². The summed E-state index contributed by atoms with van der Waals surface area (Å²) < 4.78 is 4.35. The maximum atomic E-state index is 9.76. The molecular formula is C9H10NO2. The summed E-state index contributed by atoms with van der Waals surface area (Å²) in [7, 11) is 0. The maximum Gasteiger partial charge on any atom is 0.295 e. The fraction of sp³-hybridized carbons (Fsp3) is 0.111. The summed E-state index contributed by atoms with van der Waals surface area (Å²) in [6.45, 7) is 3.61. The monoisotopic (exact) mass is 164 g/mol. The number of hydrogen-bond acceptors (Lipinski definition) is 3. The molecule has 3 nitrogen and oxygen atoms in total. The van der Waals surface area contributed by atoms with Crippen LogP contribution in [0.2, 0.25) is 0 Å². The second-order valence-corrected chi connectivity index (χ2v) is 2.36. The Balaban J connectivity index is 2.42. The van der Waals surface area contributed by atoms with Crippen LogP contribution in [-0.4, -0.2) is 6.47 Å². The van der Waals surface area contributed by atoms with Gasteiger partial charge in [0.1, 0.15) is 0 Å². The van der Waals surface area contributed by atoms with E-state index in [1.54, 1.807) is 0 Å². The molecular weight excluding hydrogens is 154 g/mol. The van der Waals surface area contributed by atoms with Crippen LogP contribution in [0.3, 0.4) is 0 Å². The van der Waals surface area contributed by atoms with Crippen molar-refractivity contribution in [3.05, 3.63) is 36.6 Å². The third-order valence-corrected chi connectivity index (χ3v) is 1.40. The topological polar surface area (TPSA) is 38.3 Å². The van der Waals surface area contributed by atoms with E-state index in [1.807, 2.05) is 31.2 Å². The molecule has 1 rings (SSSR count). The summed E-state index contributed by atoms with van der Waals surface area (Å²) in [4.78, 5) is 9.76. The van der Waals surface area contributed by atoms with Gasteiger partial charge in [-0.05, 0) is 19.1 Å². The predicted molar refractivity (Wildman–Crippen MR) is 46.3 cm³/mol. The number of carbonyl (C=O) groups is 1. The Morgan fingerprint density at radius 3 is 2.58 bits per heavy atom. The lowest BCUT2D eigenvalue weighted by molar-refractivity contribution is -0.125. The summed E-state index contributed by atoms with van der Waals surface area (Å²) in [5, 5.41) is 2.79. The summed E-state index contributed by atoms with van der Waals surface area (Å²) in [5.41, 5.74) is 2.08. The highest BCUT2D eigenvalue weighted by atomic mass is 16.5. The van der Waals surface area contributed by atoms with Gasteiger partial charge in [0, 0.05) is 5.69 Å². The van der Waals surface area contributed by atoms with Crippen LogP contribution in [0.25, 0.3) is 0 Å². The molecule has 0 aromatic heterocycles. The molecule has 0 fully saturated rings. The Labute approximate surface area is 71.4 Å². The number of ether oxygens (including phenoxy) is 1. The van der Waals surface area contributed by atoms with Gasteiger partial charge in [0.2, 0.25) is 6.73 Å². The molecule has 0 spiro atoms. The zero-order chi connectivity index (χ0) is 8.81. The number of aryl methyl sites for hydroxylation is 1. The highest BCUT2D eigenvalue weighted by Gasteiger charge is 1.89. The van der Waals surface area contributed by atoms with Gasteiger partial charge in [0.15, 0.2) is 0 Å². The van der Waals surface area contributed by atoms with Crippen LogP contribution in [0, 0.1) is 13.7 Å². The van der Waals surface area contributed by atoms with Crippen molar-refractivity contribution in [3.63, 3.8) is 0 Å². The third-order valence-electron chi connectivity index (χ3n) is 1.40. The largest absolute Gasteiger partial charge is 0.438 e. The van der Waals surface area contributed by atoms with Crippen molar-refractivity contribution in [3.8, 4) is 0 Å². The van der Waals surface area contributed by atoms with Crippen LogP contribution in [0.4, 0.5) is 5.69 Å². The number of carbonyl (C=O) groups excluding carboxylic acids is 1. The van der Waals surface area contributed by atoms with Gasteiger partial charge in [-0.15, -0.1) is 0 Å². The lowest BCUT2D eigenvalue weighted by atomic mass is 10.2. The van der Waals surface area contributed by atoms with Crippen LogP contribution in [0.5, 0.6) is 0 Å². The van der Waals surface area contributed by atoms with Gasteiger partial charge >= 0.3 is 0 Å². The molecule has 3 heteroatoms. The van der Waals surface area contributed by atoms with E-state index in [4.69, 9.17) is 0 Å². The van der Waals surface area contributed by atoms with Crippen molar-refractivity contribution in [2.75, 3.05) is 5.32 Å². The quantitative estimate of drug-likeness (QED) is 0.543. The lowest BCUT2D eigenvalue weighted by Crippen LogP contribution is -1.97. The second kappa shape index (κ2) is 4.38. The number of nitrogens with one attached hydrogen (secondary N) is 1. The van der Waals surface area contributed by atoms with Crippen LogP contribution < -0.4 is 5.32 Å². The van der Waals surface area contributed by atoms with Crippen LogP contribution in [0.1, 0.15) is 5.56 Å². The zero-order valence-electron chi connectivity index (χ0n) is 6.78. The molecule has 63 valence electrons. The lowest BCUT2D eigenvalue weighted by Gasteiger charge is -2.02. The fourth-order valence-corrected chi connectivity index (χ4v) is 0.780. The van der Waals surface area contributed by atoms with E-state index in [0.29, 0.717) is 6.47 Å². The Kier molecular flexibility index (Phi) is 3.14. The summed E-state index contributed by atoms with van der Waals surface area (Å²) in [6, 6.07) is 7.74. The zero-order valence-corrected chi connectivity index (χ0v) is 6.78. The number of hydrogen-bond donors (Lipinski definition) is 1. The first-order valence-corrected chi connectivity index (χ1v) is 3.57. The van der Waals surface area contributed by atoms with Crippen molar-refractivity contribution in [1.82, 2.24) is 0 Å². The molecule has 0 unspecified atom stereocenters. The van der Waals surface area contributed by atoms with E-state index in [0.717, 1.165) is 5.69 Å². The first kappa shape index (κ1) is 8.59. The molecule has 1 aromatic carbocycles. The Morgan fingerprint density at radius 2 is 2.00 bits per heavy atom. The molecule has 1 radical (unpaired) electrons. The highest BCUT2D eigenvalue weighted by molar-refractivity contribution is 5.46. The average molecular weight is 164 g/mol. The first-order chi connectivity index (χ1) is 5.83. The van der Waals surface area contributed by atoms with Gasteiger partial charge in [-0.2, -0.15) is 0 Å². The van der Waals surface area contributed by atoms with Gasteiger partial charge in [-0.1, -0.05) is 17.7 Å². The highest BCUT2D eigenvalue weighted by Crippen LogP contribution is 2.08. The third kappa shape index (κ3) is 2.62. The summed E-state index contributed by atoms with van der Waals surface area (Å²) in [5.74, 6) is 0. The van der Waals surface area contributed by atoms with E-state index in [-0.39, 0.29) is 0 Å². The number of anilines is 1. The number of benzene rings is 1. The van der Waals surface area contributed by atoms with Crippen molar-refractivity contribution >= 4 is 12.2 Å². The molecule has 0 saturated heterocycles.